The van der Waals surface area contributed by atoms with Crippen molar-refractivity contribution in [2.24, 2.45) is 0 Å². The molecule has 0 bridgehead atoms. The second-order valence-corrected chi connectivity index (χ2v) is 12.9. The van der Waals surface area contributed by atoms with E-state index in [4.69, 9.17) is 15.0 Å². The van der Waals surface area contributed by atoms with Crippen molar-refractivity contribution < 1.29 is 0 Å². The van der Waals surface area contributed by atoms with Crippen LogP contribution in [0.1, 0.15) is 0 Å². The minimum atomic E-state index is 0.625. The molecule has 0 unspecified atom stereocenters. The molecule has 0 saturated carbocycles. The number of nitrogens with zero attached hydrogens (tertiary/aromatic N) is 4. The molecule has 4 heteroatoms. The number of rotatable bonds is 5. The third kappa shape index (κ3) is 5.04. The van der Waals surface area contributed by atoms with Crippen molar-refractivity contribution in [3.8, 4) is 51.0 Å². The van der Waals surface area contributed by atoms with Gasteiger partial charge in [0.1, 0.15) is 0 Å². The summed E-state index contributed by atoms with van der Waals surface area (Å²) in [7, 11) is 0. The van der Waals surface area contributed by atoms with Crippen LogP contribution in [0.25, 0.3) is 94.3 Å². The van der Waals surface area contributed by atoms with E-state index in [1.807, 2.05) is 18.2 Å². The van der Waals surface area contributed by atoms with Gasteiger partial charge in [0.2, 0.25) is 0 Å². The Morgan fingerprint density at radius 2 is 0.784 bits per heavy atom. The Kier molecular flexibility index (Phi) is 6.78. The average Bonchev–Trinajstić information content (AvgIpc) is 3.54. The van der Waals surface area contributed by atoms with Crippen LogP contribution in [-0.4, -0.2) is 19.5 Å². The van der Waals surface area contributed by atoms with Crippen molar-refractivity contribution in [3.63, 3.8) is 0 Å². The van der Waals surface area contributed by atoms with Gasteiger partial charge in [0.05, 0.1) is 16.7 Å². The molecule has 0 N–H and O–H groups in total. The lowest BCUT2D eigenvalue weighted by Gasteiger charge is -2.16. The molecule has 0 aliphatic heterocycles. The molecule has 10 aromatic rings. The fraction of sp³-hybridized carbons (Fsp3) is 0. The lowest BCUT2D eigenvalue weighted by atomic mass is 10.00. The molecule has 0 saturated heterocycles. The Morgan fingerprint density at radius 1 is 0.314 bits per heavy atom. The first-order valence-electron chi connectivity index (χ1n) is 17.2. The fourth-order valence-corrected chi connectivity index (χ4v) is 7.30. The lowest BCUT2D eigenvalue weighted by molar-refractivity contribution is 1.07. The molecule has 8 aromatic carbocycles. The van der Waals surface area contributed by atoms with Crippen molar-refractivity contribution in [2.75, 3.05) is 0 Å². The molecule has 4 nitrogen and oxygen atoms in total. The van der Waals surface area contributed by atoms with E-state index in [0.717, 1.165) is 49.7 Å². The number of hydrogen-bond donors (Lipinski definition) is 0. The van der Waals surface area contributed by atoms with Gasteiger partial charge >= 0.3 is 0 Å². The summed E-state index contributed by atoms with van der Waals surface area (Å²) >= 11 is 0. The third-order valence-corrected chi connectivity index (χ3v) is 9.82. The number of aromatic nitrogens is 4. The summed E-state index contributed by atoms with van der Waals surface area (Å²) in [6, 6.07) is 64.0. The topological polar surface area (TPSA) is 43.6 Å². The van der Waals surface area contributed by atoms with Gasteiger partial charge in [-0.2, -0.15) is 0 Å². The highest BCUT2D eigenvalue weighted by Gasteiger charge is 2.20. The van der Waals surface area contributed by atoms with Crippen molar-refractivity contribution >= 4 is 43.4 Å². The number of para-hydroxylation sites is 2. The average molecular weight is 651 g/mol. The molecule has 51 heavy (non-hydrogen) atoms. The van der Waals surface area contributed by atoms with Gasteiger partial charge < -0.3 is 4.57 Å². The van der Waals surface area contributed by atoms with Gasteiger partial charge in [0, 0.05) is 27.5 Å². The number of fused-ring (bicyclic) bond motifs is 5. The minimum absolute atomic E-state index is 0.625. The van der Waals surface area contributed by atoms with Crippen molar-refractivity contribution in [1.82, 2.24) is 19.5 Å². The van der Waals surface area contributed by atoms with Gasteiger partial charge in [-0.15, -0.1) is 0 Å². The monoisotopic (exact) mass is 650 g/mol. The van der Waals surface area contributed by atoms with Crippen LogP contribution >= 0.6 is 0 Å². The molecular weight excluding hydrogens is 621 g/mol. The lowest BCUT2D eigenvalue weighted by Crippen LogP contribution is -2.04. The molecule has 0 aliphatic carbocycles. The van der Waals surface area contributed by atoms with Gasteiger partial charge in [-0.1, -0.05) is 152 Å². The van der Waals surface area contributed by atoms with Crippen LogP contribution in [0.4, 0.5) is 0 Å². The van der Waals surface area contributed by atoms with Crippen LogP contribution in [0.15, 0.2) is 182 Å². The molecule has 10 rings (SSSR count). The van der Waals surface area contributed by atoms with Crippen molar-refractivity contribution in [3.05, 3.63) is 182 Å². The third-order valence-electron chi connectivity index (χ3n) is 9.82. The van der Waals surface area contributed by atoms with Gasteiger partial charge in [-0.05, 0) is 63.0 Å². The van der Waals surface area contributed by atoms with Crippen molar-refractivity contribution in [1.29, 1.82) is 0 Å². The molecule has 0 spiro atoms. The van der Waals surface area contributed by atoms with E-state index in [2.05, 4.69) is 168 Å². The zero-order chi connectivity index (χ0) is 33.7. The maximum Gasteiger partial charge on any atom is 0.166 e. The molecule has 0 atom stereocenters. The Balaban J connectivity index is 1.19. The maximum absolute atomic E-state index is 5.24. The van der Waals surface area contributed by atoms with Crippen molar-refractivity contribution in [2.45, 2.75) is 0 Å². The highest BCUT2D eigenvalue weighted by atomic mass is 15.1. The molecule has 2 aromatic heterocycles. The summed E-state index contributed by atoms with van der Waals surface area (Å²) in [4.78, 5) is 15.5. The van der Waals surface area contributed by atoms with Crippen LogP contribution in [0.5, 0.6) is 0 Å². The van der Waals surface area contributed by atoms with E-state index in [0.29, 0.717) is 17.5 Å². The minimum Gasteiger partial charge on any atom is -0.308 e. The predicted molar refractivity (Wildman–Crippen MR) is 211 cm³/mol. The number of benzene rings is 8. The standard InChI is InChI=1S/C47H30N4/c1-2-13-33(14-3-1)45-48-46(34-25-22-32(23-26-34)38-27-24-31-12-4-5-15-35(31)28-38)50-47(49-45)41-29-36-16-6-7-17-37(36)30-44(41)51-42-20-10-8-18-39(42)40-19-9-11-21-43(40)51/h1-30H. The van der Waals surface area contributed by atoms with E-state index in [-0.39, 0.29) is 0 Å². The Hall–Kier alpha value is -6.91. The normalized spacial score (nSPS) is 11.5. The zero-order valence-electron chi connectivity index (χ0n) is 27.6. The molecule has 0 amide bonds. The first kappa shape index (κ1) is 29.0. The van der Waals surface area contributed by atoms with Crippen LogP contribution in [0.2, 0.25) is 0 Å². The first-order valence-corrected chi connectivity index (χ1v) is 17.2. The Labute approximate surface area is 295 Å². The van der Waals surface area contributed by atoms with E-state index in [1.165, 1.54) is 27.1 Å². The predicted octanol–water partition coefficient (Wildman–Crippen LogP) is 11.9. The first-order chi connectivity index (χ1) is 25.3. The fourth-order valence-electron chi connectivity index (χ4n) is 7.30. The van der Waals surface area contributed by atoms with Crippen LogP contribution in [0, 0.1) is 0 Å². The SMILES string of the molecule is c1ccc(-c2nc(-c3ccc(-c4ccc5ccccc5c4)cc3)nc(-c3cc4ccccc4cc3-n3c4ccccc4c4ccccc43)n2)cc1. The quantitative estimate of drug-likeness (QED) is 0.186. The molecular formula is C47H30N4. The van der Waals surface area contributed by atoms with Gasteiger partial charge in [0.15, 0.2) is 17.5 Å². The second-order valence-electron chi connectivity index (χ2n) is 12.9. The van der Waals surface area contributed by atoms with E-state index < -0.39 is 0 Å². The van der Waals surface area contributed by atoms with Crippen LogP contribution < -0.4 is 0 Å². The second kappa shape index (κ2) is 11.9. The summed E-state index contributed by atoms with van der Waals surface area (Å²) in [5, 5.41) is 7.15. The van der Waals surface area contributed by atoms with Crippen LogP contribution in [0.3, 0.4) is 0 Å². The highest BCUT2D eigenvalue weighted by Crippen LogP contribution is 2.38. The van der Waals surface area contributed by atoms with Gasteiger partial charge in [-0.3, -0.25) is 0 Å². The summed E-state index contributed by atoms with van der Waals surface area (Å²) in [6.07, 6.45) is 0. The van der Waals surface area contributed by atoms with Gasteiger partial charge in [0.25, 0.3) is 0 Å². The van der Waals surface area contributed by atoms with E-state index in [9.17, 15) is 0 Å². The number of hydrogen-bond acceptors (Lipinski definition) is 3. The highest BCUT2D eigenvalue weighted by molar-refractivity contribution is 6.10. The molecule has 0 aliphatic rings. The largest absolute Gasteiger partial charge is 0.308 e. The molecule has 0 fully saturated rings. The summed E-state index contributed by atoms with van der Waals surface area (Å²) in [5.74, 6) is 1.89. The van der Waals surface area contributed by atoms with E-state index in [1.54, 1.807) is 0 Å². The molecule has 238 valence electrons. The summed E-state index contributed by atoms with van der Waals surface area (Å²) < 4.78 is 2.36. The molecule has 0 radical (unpaired) electrons. The Bertz CT molecular complexity index is 2850. The zero-order valence-corrected chi connectivity index (χ0v) is 27.6. The molecule has 2 heterocycles. The smallest absolute Gasteiger partial charge is 0.166 e. The van der Waals surface area contributed by atoms with E-state index >= 15 is 0 Å². The van der Waals surface area contributed by atoms with Crippen LogP contribution in [-0.2, 0) is 0 Å². The maximum atomic E-state index is 5.24. The van der Waals surface area contributed by atoms with Gasteiger partial charge in [-0.25, -0.2) is 15.0 Å². The Morgan fingerprint density at radius 3 is 1.45 bits per heavy atom. The summed E-state index contributed by atoms with van der Waals surface area (Å²) in [5.41, 5.74) is 8.42. The summed E-state index contributed by atoms with van der Waals surface area (Å²) in [6.45, 7) is 0.